The van der Waals surface area contributed by atoms with Gasteiger partial charge in [-0.25, -0.2) is 0 Å². The van der Waals surface area contributed by atoms with Gasteiger partial charge in [0.25, 0.3) is 0 Å². The van der Waals surface area contributed by atoms with Gasteiger partial charge in [0.2, 0.25) is 0 Å². The number of rotatable bonds is 0. The Morgan fingerprint density at radius 2 is 1.09 bits per heavy atom. The first-order chi connectivity index (χ1) is 3.73. The van der Waals surface area contributed by atoms with Crippen LogP contribution in [0.2, 0.25) is 0 Å². The Balaban J connectivity index is -0.0000000383. The maximum absolute atomic E-state index is 8.52. The molecule has 0 aromatic carbocycles. The number of carbonyl (C=O) groups excluding carboxylic acids is 1. The smallest absolute Gasteiger partial charge is 0.759 e. The molecule has 0 atom stereocenters. The van der Waals surface area contributed by atoms with E-state index in [0.29, 0.717) is 0 Å². The van der Waals surface area contributed by atoms with Gasteiger partial charge in [-0.3, -0.25) is 8.42 Å². The zero-order valence-corrected chi connectivity index (χ0v) is 9.31. The fourth-order valence-electron chi connectivity index (χ4n) is 0. The molecular weight excluding hydrogens is 206 g/mol. The molecule has 0 bridgehead atoms. The molecule has 0 saturated heterocycles. The molecule has 10 heteroatoms. The van der Waals surface area contributed by atoms with Crippen molar-refractivity contribution in [2.24, 2.45) is 0 Å². The molecule has 0 rings (SSSR count). The summed E-state index contributed by atoms with van der Waals surface area (Å²) in [5, 5.41) is 16.7. The first-order valence-corrected chi connectivity index (χ1v) is 2.61. The van der Waals surface area contributed by atoms with E-state index in [4.69, 9.17) is 32.5 Å². The number of carbonyl (C=O) groups is 1. The van der Waals surface area contributed by atoms with Crippen LogP contribution in [-0.2, 0) is 10.4 Å². The van der Waals surface area contributed by atoms with Crippen molar-refractivity contribution < 1.29 is 62.1 Å². The molecule has 0 heterocycles. The SMILES string of the molecule is O=C([O-])[O-].O=S(=O)([O-])[O-].[Al+3].[Na+]. The van der Waals surface area contributed by atoms with Crippen molar-refractivity contribution in [3.8, 4) is 0 Å². The molecule has 0 N–H and O–H groups in total. The minimum Gasteiger partial charge on any atom is -0.759 e. The summed E-state index contributed by atoms with van der Waals surface area (Å²) in [4.78, 5) is 8.33. The second-order valence-corrected chi connectivity index (χ2v) is 1.47. The van der Waals surface area contributed by atoms with E-state index in [1.807, 2.05) is 0 Å². The van der Waals surface area contributed by atoms with Gasteiger partial charge in [0.15, 0.2) is 0 Å². The minimum absolute atomic E-state index is 0. The van der Waals surface area contributed by atoms with Crippen molar-refractivity contribution >= 4 is 33.9 Å². The quantitative estimate of drug-likeness (QED) is 0.217. The van der Waals surface area contributed by atoms with Gasteiger partial charge < -0.3 is 24.1 Å². The fourth-order valence-corrected chi connectivity index (χ4v) is 0. The molecule has 7 nitrogen and oxygen atoms in total. The Labute approximate surface area is 95.4 Å². The standard InChI is InChI=1S/CH2O3.Al.Na.H2O4S/c2-1(3)4;;;1-5(2,3)4/h(H2,2,3,4);;;(H2,1,2,3,4)/q;+3;+1;/p-4. The molecule has 0 aliphatic carbocycles. The van der Waals surface area contributed by atoms with Crippen LogP contribution in [0.3, 0.4) is 0 Å². The third kappa shape index (κ3) is 1780. The maximum atomic E-state index is 8.52. The van der Waals surface area contributed by atoms with Crippen LogP contribution in [0.25, 0.3) is 0 Å². The number of hydrogen-bond donors (Lipinski definition) is 0. The van der Waals surface area contributed by atoms with Crippen molar-refractivity contribution in [1.29, 1.82) is 0 Å². The van der Waals surface area contributed by atoms with E-state index < -0.39 is 16.6 Å². The van der Waals surface area contributed by atoms with Gasteiger partial charge in [-0.1, -0.05) is 0 Å². The summed E-state index contributed by atoms with van der Waals surface area (Å²) in [6.45, 7) is 0. The second-order valence-electron chi connectivity index (χ2n) is 0.658. The largest absolute Gasteiger partial charge is 3.00 e. The molecule has 0 spiro atoms. The first-order valence-electron chi connectivity index (χ1n) is 1.28. The Kier molecular flexibility index (Phi) is 21.9. The molecule has 0 aromatic heterocycles. The third-order valence-corrected chi connectivity index (χ3v) is 0. The normalized spacial score (nSPS) is 7.45. The average molecular weight is 206 g/mol. The van der Waals surface area contributed by atoms with Crippen molar-refractivity contribution in [2.45, 2.75) is 0 Å². The summed E-state index contributed by atoms with van der Waals surface area (Å²) >= 11 is 0. The predicted octanol–water partition coefficient (Wildman–Crippen LogP) is -7.16. The first kappa shape index (κ1) is 22.6. The summed E-state index contributed by atoms with van der Waals surface area (Å²) in [6, 6.07) is 0. The van der Waals surface area contributed by atoms with Crippen LogP contribution in [0, 0.1) is 0 Å². The van der Waals surface area contributed by atoms with Gasteiger partial charge in [0, 0.05) is 10.4 Å². The Hall–Kier alpha value is 0.672. The number of carboxylic acid groups (broad SMARTS) is 2. The summed E-state index contributed by atoms with van der Waals surface area (Å²) in [5.74, 6) is 0. The van der Waals surface area contributed by atoms with Gasteiger partial charge in [-0.15, -0.1) is 0 Å². The fraction of sp³-hybridized carbons (Fsp3) is 0. The van der Waals surface area contributed by atoms with E-state index in [1.165, 1.54) is 0 Å². The number of hydrogen-bond acceptors (Lipinski definition) is 7. The third-order valence-electron chi connectivity index (χ3n) is 0. The van der Waals surface area contributed by atoms with Crippen molar-refractivity contribution in [3.63, 3.8) is 0 Å². The van der Waals surface area contributed by atoms with E-state index in [-0.39, 0.29) is 46.9 Å². The van der Waals surface area contributed by atoms with Gasteiger partial charge in [0.1, 0.15) is 0 Å². The van der Waals surface area contributed by atoms with Gasteiger partial charge >= 0.3 is 46.9 Å². The van der Waals surface area contributed by atoms with Crippen LogP contribution in [0.1, 0.15) is 0 Å². The van der Waals surface area contributed by atoms with E-state index in [0.717, 1.165) is 0 Å². The molecule has 0 saturated carbocycles. The monoisotopic (exact) mass is 206 g/mol. The molecule has 0 aromatic rings. The summed E-state index contributed by atoms with van der Waals surface area (Å²) in [6.07, 6.45) is -2.33. The Morgan fingerprint density at radius 1 is 1.09 bits per heavy atom. The zero-order valence-electron chi connectivity index (χ0n) is 5.34. The molecule has 56 valence electrons. The topological polar surface area (TPSA) is 143 Å². The predicted molar refractivity (Wildman–Crippen MR) is 21.6 cm³/mol. The van der Waals surface area contributed by atoms with Crippen LogP contribution in [0.4, 0.5) is 4.79 Å². The molecule has 0 aliphatic rings. The summed E-state index contributed by atoms with van der Waals surface area (Å²) in [5.41, 5.74) is 0. The molecule has 0 amide bonds. The van der Waals surface area contributed by atoms with Crippen LogP contribution in [-0.4, -0.2) is 41.0 Å². The van der Waals surface area contributed by atoms with Gasteiger partial charge in [-0.05, 0) is 6.16 Å². The molecule has 0 fully saturated rings. The van der Waals surface area contributed by atoms with Crippen LogP contribution in [0.5, 0.6) is 0 Å². The van der Waals surface area contributed by atoms with Crippen molar-refractivity contribution in [2.75, 3.05) is 0 Å². The minimum atomic E-state index is -5.17. The Morgan fingerprint density at radius 3 is 1.09 bits per heavy atom. The van der Waals surface area contributed by atoms with Crippen molar-refractivity contribution in [1.82, 2.24) is 0 Å². The molecule has 0 unspecified atom stereocenters. The Bertz CT molecular complexity index is 161. The summed E-state index contributed by atoms with van der Waals surface area (Å²) in [7, 11) is -5.17. The maximum Gasteiger partial charge on any atom is 3.00 e. The molecule has 0 radical (unpaired) electrons. The van der Waals surface area contributed by atoms with E-state index in [1.54, 1.807) is 0 Å². The van der Waals surface area contributed by atoms with Crippen molar-refractivity contribution in [3.05, 3.63) is 0 Å². The molecular formula is CAlNaO7S. The van der Waals surface area contributed by atoms with Gasteiger partial charge in [0.05, 0.1) is 0 Å². The van der Waals surface area contributed by atoms with Crippen LogP contribution in [0.15, 0.2) is 0 Å². The van der Waals surface area contributed by atoms with Gasteiger partial charge in [-0.2, -0.15) is 0 Å². The van der Waals surface area contributed by atoms with E-state index in [9.17, 15) is 0 Å². The van der Waals surface area contributed by atoms with E-state index >= 15 is 0 Å². The molecule has 11 heavy (non-hydrogen) atoms. The van der Waals surface area contributed by atoms with Crippen LogP contribution < -0.4 is 39.8 Å². The molecule has 0 aliphatic heterocycles. The summed E-state index contributed by atoms with van der Waals surface area (Å²) < 4.78 is 34.1. The average Bonchev–Trinajstić information content (AvgIpc) is 1.19. The van der Waals surface area contributed by atoms with E-state index in [2.05, 4.69) is 0 Å². The second kappa shape index (κ2) is 10.7. The zero-order chi connectivity index (χ0) is 8.08. The van der Waals surface area contributed by atoms with Crippen LogP contribution >= 0.6 is 0 Å².